The van der Waals surface area contributed by atoms with E-state index in [-0.39, 0.29) is 0 Å². The second-order valence-corrected chi connectivity index (χ2v) is 5.13. The Morgan fingerprint density at radius 3 is 2.05 bits per heavy atom. The monoisotopic (exact) mass is 270 g/mol. The van der Waals surface area contributed by atoms with E-state index in [1.165, 1.54) is 5.56 Å². The number of rotatable bonds is 5. The van der Waals surface area contributed by atoms with E-state index in [4.69, 9.17) is 14.8 Å². The van der Waals surface area contributed by atoms with Crippen LogP contribution in [-0.4, -0.2) is 17.2 Å². The van der Waals surface area contributed by atoms with Gasteiger partial charge in [-0.25, -0.2) is 0 Å². The second kappa shape index (κ2) is 6.59. The van der Waals surface area contributed by atoms with Crippen molar-refractivity contribution in [1.29, 1.82) is 0 Å². The van der Waals surface area contributed by atoms with Gasteiger partial charge in [-0.05, 0) is 34.6 Å². The summed E-state index contributed by atoms with van der Waals surface area (Å²) in [6.45, 7) is 4.84. The summed E-state index contributed by atoms with van der Waals surface area (Å²) in [6.07, 6.45) is 0. The number of ether oxygens (including phenoxy) is 1. The molecule has 0 spiro atoms. The molecule has 2 aromatic carbocycles. The molecule has 0 unspecified atom stereocenters. The van der Waals surface area contributed by atoms with Crippen molar-refractivity contribution >= 4 is 12.6 Å². The molecule has 104 valence electrons. The van der Waals surface area contributed by atoms with Crippen LogP contribution in [-0.2, 0) is 6.61 Å². The molecule has 0 radical (unpaired) electrons. The van der Waals surface area contributed by atoms with Crippen LogP contribution in [0.25, 0.3) is 0 Å². The van der Waals surface area contributed by atoms with Crippen LogP contribution in [0.4, 0.5) is 0 Å². The van der Waals surface area contributed by atoms with Crippen LogP contribution in [0.15, 0.2) is 48.5 Å². The second-order valence-electron chi connectivity index (χ2n) is 5.13. The minimum absolute atomic E-state index is 0.457. The zero-order valence-corrected chi connectivity index (χ0v) is 11.8. The predicted molar refractivity (Wildman–Crippen MR) is 81.1 cm³/mol. The van der Waals surface area contributed by atoms with E-state index in [0.29, 0.717) is 23.7 Å². The summed E-state index contributed by atoms with van der Waals surface area (Å²) in [5.41, 5.74) is 2.88. The van der Waals surface area contributed by atoms with Crippen molar-refractivity contribution in [2.45, 2.75) is 26.4 Å². The highest BCUT2D eigenvalue weighted by molar-refractivity contribution is 6.58. The molecule has 0 amide bonds. The van der Waals surface area contributed by atoms with Crippen molar-refractivity contribution in [3.63, 3.8) is 0 Å². The minimum Gasteiger partial charge on any atom is -0.489 e. The highest BCUT2D eigenvalue weighted by atomic mass is 16.5. The van der Waals surface area contributed by atoms with Gasteiger partial charge in [0, 0.05) is 0 Å². The maximum atomic E-state index is 9.01. The average Bonchev–Trinajstić information content (AvgIpc) is 2.46. The lowest BCUT2D eigenvalue weighted by Crippen LogP contribution is -2.29. The standard InChI is InChI=1S/C16H19BO3/c1-12(2)14-5-3-13(4-6-14)11-20-16-9-7-15(8-10-16)17(18)19/h3-10,12,18-19H,11H2,1-2H3. The Kier molecular flexibility index (Phi) is 4.82. The Balaban J connectivity index is 1.94. The molecule has 0 heterocycles. The van der Waals surface area contributed by atoms with E-state index in [9.17, 15) is 0 Å². The van der Waals surface area contributed by atoms with Crippen LogP contribution in [0.1, 0.15) is 30.9 Å². The van der Waals surface area contributed by atoms with Gasteiger partial charge in [-0.1, -0.05) is 50.2 Å². The van der Waals surface area contributed by atoms with Crippen molar-refractivity contribution in [3.05, 3.63) is 59.7 Å². The molecule has 0 aliphatic heterocycles. The van der Waals surface area contributed by atoms with Crippen molar-refractivity contribution in [1.82, 2.24) is 0 Å². The molecule has 0 bridgehead atoms. The zero-order chi connectivity index (χ0) is 14.5. The molecule has 2 N–H and O–H groups in total. The molecule has 0 fully saturated rings. The fourth-order valence-corrected chi connectivity index (χ4v) is 1.90. The third-order valence-electron chi connectivity index (χ3n) is 3.23. The molecule has 0 saturated carbocycles. The highest BCUT2D eigenvalue weighted by Crippen LogP contribution is 2.16. The van der Waals surface area contributed by atoms with Gasteiger partial charge in [-0.2, -0.15) is 0 Å². The first kappa shape index (κ1) is 14.6. The number of hydrogen-bond donors (Lipinski definition) is 2. The van der Waals surface area contributed by atoms with Crippen LogP contribution in [0.5, 0.6) is 5.75 Å². The van der Waals surface area contributed by atoms with Crippen LogP contribution in [0.2, 0.25) is 0 Å². The van der Waals surface area contributed by atoms with Crippen LogP contribution in [0.3, 0.4) is 0 Å². The van der Waals surface area contributed by atoms with E-state index in [1.54, 1.807) is 24.3 Å². The normalized spacial score (nSPS) is 10.7. The van der Waals surface area contributed by atoms with E-state index < -0.39 is 7.12 Å². The molecule has 4 heteroatoms. The lowest BCUT2D eigenvalue weighted by molar-refractivity contribution is 0.306. The summed E-state index contributed by atoms with van der Waals surface area (Å²) >= 11 is 0. The van der Waals surface area contributed by atoms with Gasteiger partial charge in [-0.15, -0.1) is 0 Å². The maximum absolute atomic E-state index is 9.01. The molecule has 20 heavy (non-hydrogen) atoms. The summed E-state index contributed by atoms with van der Waals surface area (Å²) in [7, 11) is -1.44. The van der Waals surface area contributed by atoms with Gasteiger partial charge >= 0.3 is 7.12 Å². The number of hydrogen-bond acceptors (Lipinski definition) is 3. The first-order chi connectivity index (χ1) is 9.56. The van der Waals surface area contributed by atoms with Gasteiger partial charge in [-0.3, -0.25) is 0 Å². The molecule has 2 rings (SSSR count). The van der Waals surface area contributed by atoms with E-state index in [1.807, 2.05) is 0 Å². The molecule has 0 aromatic heterocycles. The van der Waals surface area contributed by atoms with Gasteiger partial charge in [0.05, 0.1) is 0 Å². The summed E-state index contributed by atoms with van der Waals surface area (Å²) in [4.78, 5) is 0. The van der Waals surface area contributed by atoms with Crippen molar-refractivity contribution in [3.8, 4) is 5.75 Å². The first-order valence-corrected chi connectivity index (χ1v) is 6.74. The summed E-state index contributed by atoms with van der Waals surface area (Å²) < 4.78 is 5.66. The molecule has 0 aliphatic carbocycles. The van der Waals surface area contributed by atoms with Crippen LogP contribution in [0, 0.1) is 0 Å². The zero-order valence-electron chi connectivity index (χ0n) is 11.8. The lowest BCUT2D eigenvalue weighted by Gasteiger charge is -2.09. The SMILES string of the molecule is CC(C)c1ccc(COc2ccc(B(O)O)cc2)cc1. The van der Waals surface area contributed by atoms with Gasteiger partial charge in [0.1, 0.15) is 12.4 Å². The summed E-state index contributed by atoms with van der Waals surface area (Å²) in [5, 5.41) is 18.0. The highest BCUT2D eigenvalue weighted by Gasteiger charge is 2.09. The van der Waals surface area contributed by atoms with Crippen molar-refractivity contribution in [2.75, 3.05) is 0 Å². The van der Waals surface area contributed by atoms with Gasteiger partial charge in [0.25, 0.3) is 0 Å². The van der Waals surface area contributed by atoms with Gasteiger partial charge < -0.3 is 14.8 Å². The molecule has 0 aliphatic rings. The largest absolute Gasteiger partial charge is 0.489 e. The Hall–Kier alpha value is -1.78. The molecular weight excluding hydrogens is 251 g/mol. The average molecular weight is 270 g/mol. The van der Waals surface area contributed by atoms with Crippen molar-refractivity contribution in [2.24, 2.45) is 0 Å². The Labute approximate surface area is 120 Å². The predicted octanol–water partition coefficient (Wildman–Crippen LogP) is 2.07. The fourth-order valence-electron chi connectivity index (χ4n) is 1.90. The summed E-state index contributed by atoms with van der Waals surface area (Å²) in [6, 6.07) is 15.1. The molecule has 2 aromatic rings. The van der Waals surface area contributed by atoms with Gasteiger partial charge in [0.2, 0.25) is 0 Å². The Morgan fingerprint density at radius 2 is 1.55 bits per heavy atom. The fraction of sp³-hybridized carbons (Fsp3) is 0.250. The van der Waals surface area contributed by atoms with Gasteiger partial charge in [0.15, 0.2) is 0 Å². The topological polar surface area (TPSA) is 49.7 Å². The maximum Gasteiger partial charge on any atom is 0.488 e. The molecule has 0 saturated heterocycles. The Bertz CT molecular complexity index is 481. The minimum atomic E-state index is -1.44. The molecular formula is C16H19BO3. The smallest absolute Gasteiger partial charge is 0.488 e. The quantitative estimate of drug-likeness (QED) is 0.818. The Morgan fingerprint density at radius 1 is 0.950 bits per heavy atom. The van der Waals surface area contributed by atoms with Crippen LogP contribution < -0.4 is 10.2 Å². The number of benzene rings is 2. The van der Waals surface area contributed by atoms with E-state index >= 15 is 0 Å². The summed E-state index contributed by atoms with van der Waals surface area (Å²) in [5.74, 6) is 1.24. The molecule has 0 atom stereocenters. The van der Waals surface area contributed by atoms with Crippen molar-refractivity contribution < 1.29 is 14.8 Å². The third kappa shape index (κ3) is 3.86. The molecule has 3 nitrogen and oxygen atoms in total. The third-order valence-corrected chi connectivity index (χ3v) is 3.23. The first-order valence-electron chi connectivity index (χ1n) is 6.74. The lowest BCUT2D eigenvalue weighted by atomic mass is 9.80. The van der Waals surface area contributed by atoms with E-state index in [2.05, 4.69) is 38.1 Å². The van der Waals surface area contributed by atoms with Crippen LogP contribution >= 0.6 is 0 Å². The van der Waals surface area contributed by atoms with E-state index in [0.717, 1.165) is 5.56 Å².